The van der Waals surface area contributed by atoms with E-state index < -0.39 is 0 Å². The molecule has 1 aromatic heterocycles. The van der Waals surface area contributed by atoms with Crippen molar-refractivity contribution in [1.82, 2.24) is 15.6 Å². The zero-order valence-corrected chi connectivity index (χ0v) is 11.5. The van der Waals surface area contributed by atoms with Crippen molar-refractivity contribution in [2.24, 2.45) is 0 Å². The maximum atomic E-state index is 11.8. The van der Waals surface area contributed by atoms with Gasteiger partial charge in [-0.3, -0.25) is 9.78 Å². The molecule has 0 saturated heterocycles. The number of amides is 1. The van der Waals surface area contributed by atoms with Crippen LogP contribution >= 0.6 is 0 Å². The van der Waals surface area contributed by atoms with Gasteiger partial charge in [-0.25, -0.2) is 0 Å². The molecule has 0 spiro atoms. The molecule has 20 heavy (non-hydrogen) atoms. The predicted octanol–water partition coefficient (Wildman–Crippen LogP) is 2.05. The molecule has 1 unspecified atom stereocenters. The zero-order valence-electron chi connectivity index (χ0n) is 11.5. The molecule has 0 aliphatic carbocycles. The maximum absolute atomic E-state index is 11.8. The molecule has 2 aromatic rings. The Kier molecular flexibility index (Phi) is 5.26. The van der Waals surface area contributed by atoms with E-state index in [1.54, 1.807) is 12.4 Å². The van der Waals surface area contributed by atoms with Crippen LogP contribution in [0.3, 0.4) is 0 Å². The van der Waals surface area contributed by atoms with E-state index in [0.717, 1.165) is 11.1 Å². The second-order valence-electron chi connectivity index (χ2n) is 4.66. The third kappa shape index (κ3) is 4.48. The van der Waals surface area contributed by atoms with Gasteiger partial charge in [-0.1, -0.05) is 30.3 Å². The van der Waals surface area contributed by atoms with E-state index in [-0.39, 0.29) is 11.9 Å². The molecule has 1 atom stereocenters. The molecule has 0 fully saturated rings. The van der Waals surface area contributed by atoms with E-state index in [4.69, 9.17) is 0 Å². The van der Waals surface area contributed by atoms with Gasteiger partial charge < -0.3 is 10.6 Å². The monoisotopic (exact) mass is 269 g/mol. The van der Waals surface area contributed by atoms with Crippen LogP contribution in [0.25, 0.3) is 0 Å². The lowest BCUT2D eigenvalue weighted by Crippen LogP contribution is -2.35. The summed E-state index contributed by atoms with van der Waals surface area (Å²) in [7, 11) is 0. The Hall–Kier alpha value is -2.20. The van der Waals surface area contributed by atoms with E-state index in [0.29, 0.717) is 13.1 Å². The number of aromatic nitrogens is 1. The number of hydrogen-bond donors (Lipinski definition) is 2. The zero-order chi connectivity index (χ0) is 14.2. The fraction of sp³-hybridized carbons (Fsp3) is 0.250. The Labute approximate surface area is 119 Å². The van der Waals surface area contributed by atoms with Crippen molar-refractivity contribution in [1.29, 1.82) is 0 Å². The highest BCUT2D eigenvalue weighted by Crippen LogP contribution is 2.10. The summed E-state index contributed by atoms with van der Waals surface area (Å²) in [5, 5.41) is 6.09. The van der Waals surface area contributed by atoms with Gasteiger partial charge in [0.05, 0.1) is 12.6 Å². The molecule has 0 bridgehead atoms. The van der Waals surface area contributed by atoms with Crippen molar-refractivity contribution in [3.8, 4) is 0 Å². The average molecular weight is 269 g/mol. The summed E-state index contributed by atoms with van der Waals surface area (Å²) in [5.41, 5.74) is 2.22. The highest BCUT2D eigenvalue weighted by molar-refractivity contribution is 5.78. The summed E-state index contributed by atoms with van der Waals surface area (Å²) < 4.78 is 0. The molecular formula is C16H19N3O. The Morgan fingerprint density at radius 3 is 2.55 bits per heavy atom. The van der Waals surface area contributed by atoms with Gasteiger partial charge in [-0.15, -0.1) is 0 Å². The normalized spacial score (nSPS) is 11.8. The fourth-order valence-corrected chi connectivity index (χ4v) is 1.94. The summed E-state index contributed by atoms with van der Waals surface area (Å²) in [6.07, 6.45) is 3.49. The number of hydrogen-bond acceptors (Lipinski definition) is 3. The summed E-state index contributed by atoms with van der Waals surface area (Å²) in [6.45, 7) is 2.95. The molecule has 0 aliphatic heterocycles. The topological polar surface area (TPSA) is 54.0 Å². The first-order valence-electron chi connectivity index (χ1n) is 6.69. The third-order valence-electron chi connectivity index (χ3n) is 3.04. The SMILES string of the molecule is CC(NC(=O)CNCc1ccncc1)c1ccccc1. The Morgan fingerprint density at radius 1 is 1.15 bits per heavy atom. The van der Waals surface area contributed by atoms with Crippen LogP contribution in [0.5, 0.6) is 0 Å². The predicted molar refractivity (Wildman–Crippen MR) is 78.9 cm³/mol. The summed E-state index contributed by atoms with van der Waals surface area (Å²) >= 11 is 0. The molecular weight excluding hydrogens is 250 g/mol. The van der Waals surface area contributed by atoms with Crippen molar-refractivity contribution in [3.05, 3.63) is 66.0 Å². The molecule has 4 nitrogen and oxygen atoms in total. The van der Waals surface area contributed by atoms with E-state index in [2.05, 4.69) is 15.6 Å². The van der Waals surface area contributed by atoms with Crippen LogP contribution in [0.15, 0.2) is 54.9 Å². The highest BCUT2D eigenvalue weighted by atomic mass is 16.1. The van der Waals surface area contributed by atoms with E-state index in [1.165, 1.54) is 0 Å². The molecule has 1 amide bonds. The Bertz CT molecular complexity index is 528. The van der Waals surface area contributed by atoms with Crippen LogP contribution in [0.4, 0.5) is 0 Å². The second kappa shape index (κ2) is 7.40. The standard InChI is InChI=1S/C16H19N3O/c1-13(15-5-3-2-4-6-15)19-16(20)12-18-11-14-7-9-17-10-8-14/h2-10,13,18H,11-12H2,1H3,(H,19,20). The van der Waals surface area contributed by atoms with Crippen molar-refractivity contribution in [2.45, 2.75) is 19.5 Å². The van der Waals surface area contributed by atoms with E-state index in [9.17, 15) is 4.79 Å². The summed E-state index contributed by atoms with van der Waals surface area (Å²) in [4.78, 5) is 15.8. The molecule has 1 aromatic carbocycles. The summed E-state index contributed by atoms with van der Waals surface area (Å²) in [6, 6.07) is 13.8. The molecule has 0 aliphatic rings. The minimum Gasteiger partial charge on any atom is -0.348 e. The quantitative estimate of drug-likeness (QED) is 0.844. The number of carbonyl (C=O) groups excluding carboxylic acids is 1. The van der Waals surface area contributed by atoms with E-state index >= 15 is 0 Å². The van der Waals surface area contributed by atoms with Crippen LogP contribution in [-0.4, -0.2) is 17.4 Å². The first kappa shape index (κ1) is 14.2. The van der Waals surface area contributed by atoms with Crippen LogP contribution in [-0.2, 0) is 11.3 Å². The molecule has 2 N–H and O–H groups in total. The number of nitrogens with one attached hydrogen (secondary N) is 2. The maximum Gasteiger partial charge on any atom is 0.234 e. The largest absolute Gasteiger partial charge is 0.348 e. The number of benzene rings is 1. The smallest absolute Gasteiger partial charge is 0.234 e. The number of carbonyl (C=O) groups is 1. The Morgan fingerprint density at radius 2 is 1.85 bits per heavy atom. The molecule has 1 heterocycles. The number of rotatable bonds is 6. The molecule has 0 saturated carbocycles. The van der Waals surface area contributed by atoms with Gasteiger partial charge in [-0.05, 0) is 30.2 Å². The minimum absolute atomic E-state index is 0.00425. The van der Waals surface area contributed by atoms with Crippen molar-refractivity contribution in [2.75, 3.05) is 6.54 Å². The lowest BCUT2D eigenvalue weighted by Gasteiger charge is -2.14. The van der Waals surface area contributed by atoms with E-state index in [1.807, 2.05) is 49.4 Å². The van der Waals surface area contributed by atoms with Gasteiger partial charge >= 0.3 is 0 Å². The minimum atomic E-state index is -0.00425. The van der Waals surface area contributed by atoms with Gasteiger partial charge in [0.25, 0.3) is 0 Å². The van der Waals surface area contributed by atoms with Crippen molar-refractivity contribution in [3.63, 3.8) is 0 Å². The first-order valence-corrected chi connectivity index (χ1v) is 6.69. The lowest BCUT2D eigenvalue weighted by atomic mass is 10.1. The molecule has 2 rings (SSSR count). The highest BCUT2D eigenvalue weighted by Gasteiger charge is 2.08. The van der Waals surface area contributed by atoms with Gasteiger partial charge in [0.15, 0.2) is 0 Å². The third-order valence-corrected chi connectivity index (χ3v) is 3.04. The molecule has 104 valence electrons. The van der Waals surface area contributed by atoms with Crippen molar-refractivity contribution >= 4 is 5.91 Å². The number of pyridine rings is 1. The van der Waals surface area contributed by atoms with Crippen molar-refractivity contribution < 1.29 is 4.79 Å². The van der Waals surface area contributed by atoms with Gasteiger partial charge in [0.2, 0.25) is 5.91 Å². The fourth-order valence-electron chi connectivity index (χ4n) is 1.94. The lowest BCUT2D eigenvalue weighted by molar-refractivity contribution is -0.120. The summed E-state index contributed by atoms with van der Waals surface area (Å²) in [5.74, 6) is -0.00425. The second-order valence-corrected chi connectivity index (χ2v) is 4.66. The first-order chi connectivity index (χ1) is 9.75. The van der Waals surface area contributed by atoms with Crippen LogP contribution < -0.4 is 10.6 Å². The van der Waals surface area contributed by atoms with Gasteiger partial charge in [0.1, 0.15) is 0 Å². The van der Waals surface area contributed by atoms with Crippen LogP contribution in [0.2, 0.25) is 0 Å². The molecule has 4 heteroatoms. The number of nitrogens with zero attached hydrogens (tertiary/aromatic N) is 1. The van der Waals surface area contributed by atoms with Crippen LogP contribution in [0, 0.1) is 0 Å². The van der Waals surface area contributed by atoms with Gasteiger partial charge in [0, 0.05) is 18.9 Å². The van der Waals surface area contributed by atoms with Gasteiger partial charge in [-0.2, -0.15) is 0 Å². The Balaban J connectivity index is 1.73. The van der Waals surface area contributed by atoms with Crippen LogP contribution in [0.1, 0.15) is 24.1 Å². The molecule has 0 radical (unpaired) electrons. The average Bonchev–Trinajstić information content (AvgIpc) is 2.49.